The Morgan fingerprint density at radius 2 is 1.50 bits per heavy atom. The van der Waals surface area contributed by atoms with Gasteiger partial charge in [0.25, 0.3) is 5.91 Å². The van der Waals surface area contributed by atoms with Crippen molar-refractivity contribution in [2.24, 2.45) is 5.16 Å². The zero-order valence-corrected chi connectivity index (χ0v) is 25.2. The number of benzene rings is 4. The molecule has 9 heteroatoms. The summed E-state index contributed by atoms with van der Waals surface area (Å²) in [7, 11) is 0. The van der Waals surface area contributed by atoms with Crippen LogP contribution >= 0.6 is 11.6 Å². The van der Waals surface area contributed by atoms with Crippen LogP contribution in [-0.2, 0) is 14.4 Å². The second-order valence-electron chi connectivity index (χ2n) is 10.5. The maximum atomic E-state index is 13.1. The Balaban J connectivity index is 1.16. The predicted molar refractivity (Wildman–Crippen MR) is 171 cm³/mol. The summed E-state index contributed by atoms with van der Waals surface area (Å²) in [6.45, 7) is 3.97. The van der Waals surface area contributed by atoms with Gasteiger partial charge in [-0.3, -0.25) is 9.69 Å². The molecule has 44 heavy (non-hydrogen) atoms. The third-order valence-electron chi connectivity index (χ3n) is 7.56. The first-order valence-corrected chi connectivity index (χ1v) is 14.8. The highest BCUT2D eigenvalue weighted by molar-refractivity contribution is 6.30. The van der Waals surface area contributed by atoms with E-state index in [1.54, 1.807) is 6.92 Å². The van der Waals surface area contributed by atoms with E-state index in [2.05, 4.69) is 46.5 Å². The minimum Gasteiger partial charge on any atom is -0.484 e. The highest BCUT2D eigenvalue weighted by Gasteiger charge is 2.28. The first-order chi connectivity index (χ1) is 21.4. The van der Waals surface area contributed by atoms with E-state index in [9.17, 15) is 9.59 Å². The lowest BCUT2D eigenvalue weighted by Gasteiger charge is -2.39. The van der Waals surface area contributed by atoms with Crippen LogP contribution in [0.25, 0.3) is 11.1 Å². The molecule has 1 atom stereocenters. The molecule has 1 heterocycles. The second-order valence-corrected chi connectivity index (χ2v) is 11.0. The minimum atomic E-state index is -1.08. The zero-order chi connectivity index (χ0) is 30.9. The van der Waals surface area contributed by atoms with Crippen molar-refractivity contribution in [1.82, 2.24) is 9.80 Å². The number of carbonyl (C=O) groups is 2. The normalized spacial score (nSPS) is 14.6. The van der Waals surface area contributed by atoms with Gasteiger partial charge in [-0.15, -0.1) is 0 Å². The Kier molecular flexibility index (Phi) is 10.3. The lowest BCUT2D eigenvalue weighted by atomic mass is 9.96. The molecule has 1 fully saturated rings. The van der Waals surface area contributed by atoms with Crippen LogP contribution in [-0.4, -0.2) is 71.9 Å². The van der Waals surface area contributed by atoms with E-state index in [1.165, 1.54) is 11.1 Å². The van der Waals surface area contributed by atoms with Crippen molar-refractivity contribution < 1.29 is 24.3 Å². The van der Waals surface area contributed by atoms with Crippen LogP contribution in [0.3, 0.4) is 0 Å². The summed E-state index contributed by atoms with van der Waals surface area (Å²) in [5, 5.41) is 13.2. The SMILES string of the molecule is C/C(=N\OCC(=O)O)c1ccc(-c2cccc(OCC(=O)N3CCN(C(c4ccccc4)c4ccc(Cl)cc4)CC3)c2)cc1. The molecule has 0 bridgehead atoms. The fourth-order valence-corrected chi connectivity index (χ4v) is 5.39. The lowest BCUT2D eigenvalue weighted by molar-refractivity contribution is -0.142. The van der Waals surface area contributed by atoms with Crippen LogP contribution in [0.5, 0.6) is 5.75 Å². The van der Waals surface area contributed by atoms with Gasteiger partial charge in [0.1, 0.15) is 5.75 Å². The fraction of sp³-hybridized carbons (Fsp3) is 0.229. The summed E-state index contributed by atoms with van der Waals surface area (Å²) in [5.74, 6) is -0.502. The number of rotatable bonds is 11. The predicted octanol–water partition coefficient (Wildman–Crippen LogP) is 6.14. The van der Waals surface area contributed by atoms with Crippen LogP contribution < -0.4 is 4.74 Å². The number of ether oxygens (including phenoxy) is 1. The number of amides is 1. The van der Waals surface area contributed by atoms with Gasteiger partial charge in [0, 0.05) is 31.2 Å². The number of carboxylic acids is 1. The standard InChI is InChI=1S/C35H34ClN3O5/c1-25(37-44-24-34(41)42)26-10-12-27(13-11-26)30-8-5-9-32(22-30)43-23-33(40)38-18-20-39(21-19-38)35(28-6-3-2-4-7-28)29-14-16-31(36)17-15-29/h2-17,22,35H,18-21,23-24H2,1H3,(H,41,42)/b37-25+. The molecule has 8 nitrogen and oxygen atoms in total. The Morgan fingerprint density at radius 3 is 2.18 bits per heavy atom. The first-order valence-electron chi connectivity index (χ1n) is 14.4. The molecule has 0 radical (unpaired) electrons. The number of piperazine rings is 1. The zero-order valence-electron chi connectivity index (χ0n) is 24.4. The molecule has 226 valence electrons. The van der Waals surface area contributed by atoms with E-state index in [-0.39, 0.29) is 18.6 Å². The Hall–Kier alpha value is -4.66. The van der Waals surface area contributed by atoms with Crippen molar-refractivity contribution in [3.63, 3.8) is 0 Å². The number of hydrogen-bond donors (Lipinski definition) is 1. The molecule has 4 aromatic rings. The Morgan fingerprint density at radius 1 is 0.818 bits per heavy atom. The van der Waals surface area contributed by atoms with E-state index < -0.39 is 12.6 Å². The van der Waals surface area contributed by atoms with Crippen LogP contribution in [0.4, 0.5) is 0 Å². The van der Waals surface area contributed by atoms with Crippen LogP contribution in [0.15, 0.2) is 108 Å². The van der Waals surface area contributed by atoms with Crippen molar-refractivity contribution in [2.75, 3.05) is 39.4 Å². The maximum absolute atomic E-state index is 13.1. The van der Waals surface area contributed by atoms with E-state index in [0.717, 1.165) is 29.8 Å². The summed E-state index contributed by atoms with van der Waals surface area (Å²) in [5.41, 5.74) is 5.69. The average molecular weight is 612 g/mol. The molecule has 1 amide bonds. The van der Waals surface area contributed by atoms with Crippen molar-refractivity contribution >= 4 is 29.2 Å². The van der Waals surface area contributed by atoms with Gasteiger partial charge in [-0.1, -0.05) is 95.6 Å². The van der Waals surface area contributed by atoms with Crippen molar-refractivity contribution in [2.45, 2.75) is 13.0 Å². The molecule has 1 aliphatic rings. The molecule has 4 aromatic carbocycles. The van der Waals surface area contributed by atoms with Crippen LogP contribution in [0.1, 0.15) is 29.7 Å². The van der Waals surface area contributed by atoms with E-state index >= 15 is 0 Å². The molecular weight excluding hydrogens is 578 g/mol. The highest BCUT2D eigenvalue weighted by Crippen LogP contribution is 2.30. The average Bonchev–Trinajstić information content (AvgIpc) is 3.05. The summed E-state index contributed by atoms with van der Waals surface area (Å²) in [6, 6.07) is 33.8. The van der Waals surface area contributed by atoms with Gasteiger partial charge in [0.2, 0.25) is 6.61 Å². The minimum absolute atomic E-state index is 0.0340. The first kappa shape index (κ1) is 30.8. The van der Waals surface area contributed by atoms with Gasteiger partial charge in [0.05, 0.1) is 11.8 Å². The van der Waals surface area contributed by atoms with Crippen molar-refractivity contribution in [3.8, 4) is 16.9 Å². The van der Waals surface area contributed by atoms with Crippen LogP contribution in [0, 0.1) is 0 Å². The number of carbonyl (C=O) groups excluding carboxylic acids is 1. The van der Waals surface area contributed by atoms with Gasteiger partial charge < -0.3 is 19.6 Å². The van der Waals surface area contributed by atoms with Gasteiger partial charge in [-0.25, -0.2) is 4.79 Å². The molecule has 1 saturated heterocycles. The van der Waals surface area contributed by atoms with Gasteiger partial charge >= 0.3 is 5.97 Å². The quantitative estimate of drug-likeness (QED) is 0.162. The number of hydrogen-bond acceptors (Lipinski definition) is 6. The van der Waals surface area contributed by atoms with Crippen molar-refractivity contribution in [1.29, 1.82) is 0 Å². The number of halogens is 1. The molecule has 0 saturated carbocycles. The lowest BCUT2D eigenvalue weighted by Crippen LogP contribution is -2.51. The van der Waals surface area contributed by atoms with E-state index in [4.69, 9.17) is 26.3 Å². The van der Waals surface area contributed by atoms with Gasteiger partial charge in [-0.2, -0.15) is 0 Å². The number of nitrogens with zero attached hydrogens (tertiary/aromatic N) is 3. The molecule has 0 spiro atoms. The van der Waals surface area contributed by atoms with Gasteiger partial charge in [-0.05, 0) is 59.0 Å². The van der Waals surface area contributed by atoms with Crippen LogP contribution in [0.2, 0.25) is 5.02 Å². The van der Waals surface area contributed by atoms with Gasteiger partial charge in [0.15, 0.2) is 6.61 Å². The third-order valence-corrected chi connectivity index (χ3v) is 7.81. The molecule has 0 aliphatic carbocycles. The second kappa shape index (κ2) is 14.7. The summed E-state index contributed by atoms with van der Waals surface area (Å²) >= 11 is 6.16. The summed E-state index contributed by atoms with van der Waals surface area (Å²) in [4.78, 5) is 32.8. The molecular formula is C35H34ClN3O5. The largest absolute Gasteiger partial charge is 0.484 e. The number of oxime groups is 1. The Bertz CT molecular complexity index is 1590. The number of aliphatic carboxylic acids is 1. The monoisotopic (exact) mass is 611 g/mol. The van der Waals surface area contributed by atoms with E-state index in [0.29, 0.717) is 29.6 Å². The molecule has 1 aliphatic heterocycles. The van der Waals surface area contributed by atoms with E-state index in [1.807, 2.05) is 71.6 Å². The third kappa shape index (κ3) is 8.03. The molecule has 1 unspecified atom stereocenters. The fourth-order valence-electron chi connectivity index (χ4n) is 5.27. The smallest absolute Gasteiger partial charge is 0.344 e. The molecule has 0 aromatic heterocycles. The molecule has 1 N–H and O–H groups in total. The topological polar surface area (TPSA) is 91.7 Å². The highest BCUT2D eigenvalue weighted by atomic mass is 35.5. The Labute approximate surface area is 262 Å². The maximum Gasteiger partial charge on any atom is 0.344 e. The molecule has 5 rings (SSSR count). The summed E-state index contributed by atoms with van der Waals surface area (Å²) in [6.07, 6.45) is 0. The number of carboxylic acid groups (broad SMARTS) is 1. The van der Waals surface area contributed by atoms with Crippen molar-refractivity contribution in [3.05, 3.63) is 125 Å². The summed E-state index contributed by atoms with van der Waals surface area (Å²) < 4.78 is 5.93.